The van der Waals surface area contributed by atoms with Crippen molar-refractivity contribution in [1.29, 1.82) is 0 Å². The molecule has 1 aliphatic rings. The summed E-state index contributed by atoms with van der Waals surface area (Å²) < 4.78 is 2.08. The van der Waals surface area contributed by atoms with E-state index in [0.29, 0.717) is 0 Å². The average molecular weight is 378 g/mol. The zero-order valence-corrected chi connectivity index (χ0v) is 16.5. The smallest absolute Gasteiger partial charge is 0.192 e. The molecule has 0 saturated heterocycles. The first-order chi connectivity index (χ1) is 13.2. The fraction of sp³-hybridized carbons (Fsp3) is 0.318. The minimum absolute atomic E-state index is 0.154. The summed E-state index contributed by atoms with van der Waals surface area (Å²) in [6.07, 6.45) is 3.41. The Labute approximate surface area is 164 Å². The summed E-state index contributed by atoms with van der Waals surface area (Å²) in [5.74, 6) is 0.999. The zero-order chi connectivity index (χ0) is 18.8. The molecule has 0 fully saturated rings. The highest BCUT2D eigenvalue weighted by Crippen LogP contribution is 2.29. The van der Waals surface area contributed by atoms with E-state index in [0.717, 1.165) is 41.5 Å². The number of thioether (sulfide) groups is 1. The van der Waals surface area contributed by atoms with Crippen LogP contribution in [-0.4, -0.2) is 25.8 Å². The van der Waals surface area contributed by atoms with Crippen molar-refractivity contribution in [3.63, 3.8) is 0 Å². The lowest BCUT2D eigenvalue weighted by molar-refractivity contribution is 0.0993. The molecule has 0 N–H and O–H groups in total. The number of rotatable bonds is 6. The molecule has 5 heteroatoms. The predicted molar refractivity (Wildman–Crippen MR) is 109 cm³/mol. The maximum atomic E-state index is 12.9. The van der Waals surface area contributed by atoms with Crippen molar-refractivity contribution in [3.8, 4) is 11.4 Å². The van der Waals surface area contributed by atoms with Gasteiger partial charge in [0, 0.05) is 17.7 Å². The molecular weight excluding hydrogens is 354 g/mol. The van der Waals surface area contributed by atoms with Crippen molar-refractivity contribution < 1.29 is 4.79 Å². The molecule has 1 heterocycles. The molecule has 1 atom stereocenters. The Bertz CT molecular complexity index is 965. The van der Waals surface area contributed by atoms with Gasteiger partial charge < -0.3 is 4.57 Å². The summed E-state index contributed by atoms with van der Waals surface area (Å²) in [6.45, 7) is 4.79. The number of carbonyl (C=O) groups excluding carboxylic acids is 1. The van der Waals surface area contributed by atoms with Gasteiger partial charge in [-0.15, -0.1) is 10.2 Å². The molecule has 138 valence electrons. The highest BCUT2D eigenvalue weighted by atomic mass is 32.2. The minimum Gasteiger partial charge on any atom is -0.302 e. The van der Waals surface area contributed by atoms with E-state index in [-0.39, 0.29) is 11.0 Å². The van der Waals surface area contributed by atoms with Crippen molar-refractivity contribution in [3.05, 3.63) is 65.2 Å². The van der Waals surface area contributed by atoms with E-state index in [4.69, 9.17) is 0 Å². The minimum atomic E-state index is -0.206. The second-order valence-corrected chi connectivity index (χ2v) is 8.19. The maximum absolute atomic E-state index is 12.9. The summed E-state index contributed by atoms with van der Waals surface area (Å²) in [4.78, 5) is 12.9. The summed E-state index contributed by atoms with van der Waals surface area (Å²) in [6, 6.07) is 16.2. The van der Waals surface area contributed by atoms with E-state index in [9.17, 15) is 4.79 Å². The van der Waals surface area contributed by atoms with Gasteiger partial charge in [-0.2, -0.15) is 0 Å². The van der Waals surface area contributed by atoms with Crippen LogP contribution in [0.1, 0.15) is 41.8 Å². The van der Waals surface area contributed by atoms with Crippen LogP contribution in [0.4, 0.5) is 0 Å². The van der Waals surface area contributed by atoms with Crippen LogP contribution in [0.5, 0.6) is 0 Å². The normalized spacial score (nSPS) is 14.1. The van der Waals surface area contributed by atoms with Crippen molar-refractivity contribution in [1.82, 2.24) is 14.8 Å². The Morgan fingerprint density at radius 1 is 1.11 bits per heavy atom. The number of fused-ring (bicyclic) bond motifs is 1. The van der Waals surface area contributed by atoms with Gasteiger partial charge in [-0.1, -0.05) is 54.2 Å². The molecule has 0 saturated carbocycles. The van der Waals surface area contributed by atoms with E-state index in [1.165, 1.54) is 29.3 Å². The lowest BCUT2D eigenvalue weighted by Crippen LogP contribution is -2.15. The van der Waals surface area contributed by atoms with Gasteiger partial charge in [0.05, 0.1) is 5.25 Å². The third-order valence-electron chi connectivity index (χ3n) is 5.10. The molecule has 0 spiro atoms. The van der Waals surface area contributed by atoms with Crippen LogP contribution >= 0.6 is 11.8 Å². The van der Waals surface area contributed by atoms with Gasteiger partial charge in [-0.3, -0.25) is 4.79 Å². The van der Waals surface area contributed by atoms with Crippen LogP contribution in [0.2, 0.25) is 0 Å². The second-order valence-electron chi connectivity index (χ2n) is 6.88. The first-order valence-corrected chi connectivity index (χ1v) is 10.4. The average Bonchev–Trinajstić information content (AvgIpc) is 3.33. The molecule has 0 unspecified atom stereocenters. The monoisotopic (exact) mass is 377 g/mol. The Balaban J connectivity index is 1.55. The van der Waals surface area contributed by atoms with Gasteiger partial charge in [0.2, 0.25) is 0 Å². The van der Waals surface area contributed by atoms with Crippen LogP contribution in [0.25, 0.3) is 11.4 Å². The Kier molecular flexibility index (Phi) is 5.12. The third-order valence-corrected chi connectivity index (χ3v) is 6.18. The Morgan fingerprint density at radius 2 is 1.89 bits per heavy atom. The molecule has 3 aromatic rings. The molecule has 0 amide bonds. The quantitative estimate of drug-likeness (QED) is 0.456. The molecule has 0 radical (unpaired) electrons. The molecule has 0 bridgehead atoms. The number of aryl methyl sites for hydroxylation is 2. The predicted octanol–water partition coefficient (Wildman–Crippen LogP) is 4.82. The van der Waals surface area contributed by atoms with E-state index < -0.39 is 0 Å². The van der Waals surface area contributed by atoms with Crippen LogP contribution in [0.3, 0.4) is 0 Å². The fourth-order valence-electron chi connectivity index (χ4n) is 3.63. The largest absolute Gasteiger partial charge is 0.302 e. The van der Waals surface area contributed by atoms with Gasteiger partial charge in [0.25, 0.3) is 0 Å². The van der Waals surface area contributed by atoms with Crippen molar-refractivity contribution in [2.45, 2.75) is 50.1 Å². The lowest BCUT2D eigenvalue weighted by atomic mass is 10.0. The van der Waals surface area contributed by atoms with Crippen molar-refractivity contribution in [2.75, 3.05) is 0 Å². The number of nitrogens with zero attached hydrogens (tertiary/aromatic N) is 3. The Hall–Kier alpha value is -2.40. The summed E-state index contributed by atoms with van der Waals surface area (Å²) in [5.41, 5.74) is 4.57. The second kappa shape index (κ2) is 7.69. The van der Waals surface area contributed by atoms with Gasteiger partial charge >= 0.3 is 0 Å². The molecule has 27 heavy (non-hydrogen) atoms. The van der Waals surface area contributed by atoms with Gasteiger partial charge in [0.15, 0.2) is 16.8 Å². The van der Waals surface area contributed by atoms with Crippen LogP contribution < -0.4 is 0 Å². The molecule has 4 rings (SSSR count). The third kappa shape index (κ3) is 3.56. The molecule has 1 aromatic heterocycles. The van der Waals surface area contributed by atoms with Crippen LogP contribution in [0.15, 0.2) is 53.7 Å². The fourth-order valence-corrected chi connectivity index (χ4v) is 4.62. The molecule has 1 aliphatic carbocycles. The number of ketones is 1. The van der Waals surface area contributed by atoms with Gasteiger partial charge in [-0.05, 0) is 50.3 Å². The standard InChI is InChI=1S/C22H23N3OS/c1-3-25-21(17-8-5-4-6-9-17)23-24-22(25)27-15(2)20(26)19-13-12-16-10-7-11-18(16)14-19/h4-6,8-9,12-15H,3,7,10-11H2,1-2H3/t15-/m1/s1. The number of aromatic nitrogens is 3. The van der Waals surface area contributed by atoms with Crippen LogP contribution in [-0.2, 0) is 19.4 Å². The lowest BCUT2D eigenvalue weighted by Gasteiger charge is -2.12. The SMILES string of the molecule is CCn1c(S[C@H](C)C(=O)c2ccc3c(c2)CCC3)nnc1-c1ccccc1. The first kappa shape index (κ1) is 18.0. The molecule has 4 nitrogen and oxygen atoms in total. The number of carbonyl (C=O) groups is 1. The highest BCUT2D eigenvalue weighted by molar-refractivity contribution is 8.00. The first-order valence-electron chi connectivity index (χ1n) is 9.48. The van der Waals surface area contributed by atoms with E-state index in [1.54, 1.807) is 0 Å². The van der Waals surface area contributed by atoms with E-state index >= 15 is 0 Å². The number of benzene rings is 2. The summed E-state index contributed by atoms with van der Waals surface area (Å²) in [5, 5.41) is 9.32. The molecule has 0 aliphatic heterocycles. The van der Waals surface area contributed by atoms with E-state index in [1.807, 2.05) is 43.3 Å². The topological polar surface area (TPSA) is 47.8 Å². The van der Waals surface area contributed by atoms with Gasteiger partial charge in [-0.25, -0.2) is 0 Å². The summed E-state index contributed by atoms with van der Waals surface area (Å²) in [7, 11) is 0. The highest BCUT2D eigenvalue weighted by Gasteiger charge is 2.22. The van der Waals surface area contributed by atoms with Crippen LogP contribution in [0, 0.1) is 0 Å². The number of Topliss-reactive ketones (excluding diaryl/α,β-unsaturated/α-hetero) is 1. The van der Waals surface area contributed by atoms with Crippen molar-refractivity contribution in [2.24, 2.45) is 0 Å². The molecule has 2 aromatic carbocycles. The number of hydrogen-bond donors (Lipinski definition) is 0. The summed E-state index contributed by atoms with van der Waals surface area (Å²) >= 11 is 1.49. The number of hydrogen-bond acceptors (Lipinski definition) is 4. The van der Waals surface area contributed by atoms with Gasteiger partial charge in [0.1, 0.15) is 0 Å². The zero-order valence-electron chi connectivity index (χ0n) is 15.7. The molecular formula is C22H23N3OS. The van der Waals surface area contributed by atoms with Crippen molar-refractivity contribution >= 4 is 17.5 Å². The van der Waals surface area contributed by atoms with E-state index in [2.05, 4.69) is 33.8 Å². The Morgan fingerprint density at radius 3 is 2.67 bits per heavy atom. The maximum Gasteiger partial charge on any atom is 0.192 e.